The molecule has 98 valence electrons. The lowest BCUT2D eigenvalue weighted by atomic mass is 10.4. The summed E-state index contributed by atoms with van der Waals surface area (Å²) in [6.45, 7) is 3.45. The SMILES string of the molecule is C=C(Cl)CNC(=O)NCc1cn(CC(=O)O)nn1. The van der Waals surface area contributed by atoms with Crippen LogP contribution in [0.15, 0.2) is 17.8 Å². The zero-order chi connectivity index (χ0) is 13.5. The van der Waals surface area contributed by atoms with Gasteiger partial charge < -0.3 is 15.7 Å². The highest BCUT2D eigenvalue weighted by Gasteiger charge is 2.05. The number of carbonyl (C=O) groups is 2. The monoisotopic (exact) mass is 273 g/mol. The first-order valence-electron chi connectivity index (χ1n) is 4.93. The number of nitrogens with zero attached hydrogens (tertiary/aromatic N) is 3. The minimum Gasteiger partial charge on any atom is -0.480 e. The number of amides is 2. The Balaban J connectivity index is 2.34. The van der Waals surface area contributed by atoms with Crippen molar-refractivity contribution >= 4 is 23.6 Å². The second-order valence-corrected chi connectivity index (χ2v) is 3.89. The van der Waals surface area contributed by atoms with Gasteiger partial charge in [-0.05, 0) is 0 Å². The van der Waals surface area contributed by atoms with E-state index in [1.165, 1.54) is 6.20 Å². The molecule has 0 aliphatic heterocycles. The van der Waals surface area contributed by atoms with Gasteiger partial charge in [-0.2, -0.15) is 0 Å². The normalized spacial score (nSPS) is 9.83. The molecule has 1 aromatic heterocycles. The fourth-order valence-electron chi connectivity index (χ4n) is 1.04. The highest BCUT2D eigenvalue weighted by molar-refractivity contribution is 6.29. The summed E-state index contributed by atoms with van der Waals surface area (Å²) in [5.74, 6) is -1.02. The molecular formula is C9H12ClN5O3. The van der Waals surface area contributed by atoms with E-state index >= 15 is 0 Å². The van der Waals surface area contributed by atoms with Crippen molar-refractivity contribution in [1.82, 2.24) is 25.6 Å². The molecule has 9 heteroatoms. The Kier molecular flexibility index (Phi) is 5.12. The number of aromatic nitrogens is 3. The lowest BCUT2D eigenvalue weighted by molar-refractivity contribution is -0.137. The predicted octanol–water partition coefficient (Wildman–Crippen LogP) is -0.0856. The largest absolute Gasteiger partial charge is 0.480 e. The van der Waals surface area contributed by atoms with Crippen molar-refractivity contribution in [2.24, 2.45) is 0 Å². The number of aliphatic carboxylic acids is 1. The van der Waals surface area contributed by atoms with Gasteiger partial charge in [-0.25, -0.2) is 9.48 Å². The summed E-state index contributed by atoms with van der Waals surface area (Å²) in [6, 6.07) is -0.426. The number of nitrogens with one attached hydrogen (secondary N) is 2. The summed E-state index contributed by atoms with van der Waals surface area (Å²) in [6.07, 6.45) is 1.44. The van der Waals surface area contributed by atoms with Crippen LogP contribution < -0.4 is 10.6 Å². The van der Waals surface area contributed by atoms with Gasteiger partial charge in [0.25, 0.3) is 0 Å². The number of hydrogen-bond acceptors (Lipinski definition) is 4. The maximum atomic E-state index is 11.2. The second kappa shape index (κ2) is 6.60. The number of rotatable bonds is 6. The predicted molar refractivity (Wildman–Crippen MR) is 62.9 cm³/mol. The molecule has 0 aliphatic carbocycles. The quantitative estimate of drug-likeness (QED) is 0.671. The van der Waals surface area contributed by atoms with E-state index in [1.54, 1.807) is 0 Å². The summed E-state index contributed by atoms with van der Waals surface area (Å²) in [5, 5.41) is 21.1. The van der Waals surface area contributed by atoms with Gasteiger partial charge in [-0.3, -0.25) is 4.79 Å². The molecule has 0 unspecified atom stereocenters. The molecule has 1 heterocycles. The number of hydrogen-bond donors (Lipinski definition) is 3. The van der Waals surface area contributed by atoms with Gasteiger partial charge >= 0.3 is 12.0 Å². The number of carboxylic acid groups (broad SMARTS) is 1. The van der Waals surface area contributed by atoms with Gasteiger partial charge in [0.1, 0.15) is 12.2 Å². The molecule has 0 bridgehead atoms. The maximum absolute atomic E-state index is 11.2. The van der Waals surface area contributed by atoms with E-state index in [0.717, 1.165) is 4.68 Å². The van der Waals surface area contributed by atoms with Crippen molar-refractivity contribution in [2.75, 3.05) is 6.54 Å². The third-order valence-electron chi connectivity index (χ3n) is 1.75. The van der Waals surface area contributed by atoms with Crippen LogP contribution in [0.1, 0.15) is 5.69 Å². The molecule has 0 saturated carbocycles. The van der Waals surface area contributed by atoms with Crippen molar-refractivity contribution in [1.29, 1.82) is 0 Å². The van der Waals surface area contributed by atoms with Gasteiger partial charge in [0, 0.05) is 5.03 Å². The van der Waals surface area contributed by atoms with E-state index in [4.69, 9.17) is 16.7 Å². The van der Waals surface area contributed by atoms with Crippen LogP contribution in [0.25, 0.3) is 0 Å². The van der Waals surface area contributed by atoms with Crippen LogP contribution in [-0.2, 0) is 17.9 Å². The van der Waals surface area contributed by atoms with Crippen LogP contribution in [0.5, 0.6) is 0 Å². The Morgan fingerprint density at radius 1 is 1.50 bits per heavy atom. The summed E-state index contributed by atoms with van der Waals surface area (Å²) in [7, 11) is 0. The average molecular weight is 274 g/mol. The lowest BCUT2D eigenvalue weighted by Gasteiger charge is -2.04. The Hall–Kier alpha value is -2.09. The van der Waals surface area contributed by atoms with Crippen LogP contribution in [-0.4, -0.2) is 38.6 Å². The van der Waals surface area contributed by atoms with Crippen LogP contribution in [0.4, 0.5) is 4.79 Å². The van der Waals surface area contributed by atoms with Crippen LogP contribution in [0.3, 0.4) is 0 Å². The smallest absolute Gasteiger partial charge is 0.325 e. The molecule has 2 amide bonds. The molecule has 8 nitrogen and oxygen atoms in total. The van der Waals surface area contributed by atoms with Crippen LogP contribution in [0.2, 0.25) is 0 Å². The first kappa shape index (κ1) is 14.0. The number of carbonyl (C=O) groups excluding carboxylic acids is 1. The number of urea groups is 1. The van der Waals surface area contributed by atoms with E-state index in [9.17, 15) is 9.59 Å². The van der Waals surface area contributed by atoms with Gasteiger partial charge in [0.05, 0.1) is 19.3 Å². The maximum Gasteiger partial charge on any atom is 0.325 e. The summed E-state index contributed by atoms with van der Waals surface area (Å²) < 4.78 is 1.16. The molecule has 1 rings (SSSR count). The first-order chi connectivity index (χ1) is 8.47. The first-order valence-corrected chi connectivity index (χ1v) is 5.31. The zero-order valence-electron chi connectivity index (χ0n) is 9.39. The van der Waals surface area contributed by atoms with Gasteiger partial charge in [0.2, 0.25) is 0 Å². The number of halogens is 1. The molecule has 0 radical (unpaired) electrons. The Bertz CT molecular complexity index is 459. The van der Waals surface area contributed by atoms with Crippen LogP contribution >= 0.6 is 11.6 Å². The van der Waals surface area contributed by atoms with E-state index in [1.807, 2.05) is 0 Å². The van der Waals surface area contributed by atoms with Crippen molar-refractivity contribution in [2.45, 2.75) is 13.1 Å². The molecule has 0 spiro atoms. The average Bonchev–Trinajstić information content (AvgIpc) is 2.70. The Morgan fingerprint density at radius 3 is 2.83 bits per heavy atom. The Morgan fingerprint density at radius 2 is 2.22 bits per heavy atom. The Labute approximate surface area is 108 Å². The minimum atomic E-state index is -1.02. The highest BCUT2D eigenvalue weighted by atomic mass is 35.5. The molecule has 0 atom stereocenters. The zero-order valence-corrected chi connectivity index (χ0v) is 10.1. The van der Waals surface area contributed by atoms with Gasteiger partial charge in [-0.15, -0.1) is 5.10 Å². The van der Waals surface area contributed by atoms with E-state index in [-0.39, 0.29) is 19.6 Å². The molecule has 0 fully saturated rings. The highest BCUT2D eigenvalue weighted by Crippen LogP contribution is 1.94. The topological polar surface area (TPSA) is 109 Å². The van der Waals surface area contributed by atoms with Gasteiger partial charge in [0.15, 0.2) is 0 Å². The molecule has 0 saturated heterocycles. The third-order valence-corrected chi connectivity index (χ3v) is 1.89. The molecule has 0 aliphatic rings. The summed E-state index contributed by atoms with van der Waals surface area (Å²) in [5.41, 5.74) is 0.455. The van der Waals surface area contributed by atoms with Crippen molar-refractivity contribution < 1.29 is 14.7 Å². The van der Waals surface area contributed by atoms with Crippen molar-refractivity contribution in [3.05, 3.63) is 23.5 Å². The molecule has 3 N–H and O–H groups in total. The molecule has 1 aromatic rings. The van der Waals surface area contributed by atoms with E-state index in [2.05, 4.69) is 27.5 Å². The van der Waals surface area contributed by atoms with Crippen molar-refractivity contribution in [3.63, 3.8) is 0 Å². The van der Waals surface area contributed by atoms with Crippen LogP contribution in [0, 0.1) is 0 Å². The van der Waals surface area contributed by atoms with E-state index < -0.39 is 12.0 Å². The third kappa shape index (κ3) is 5.30. The second-order valence-electron chi connectivity index (χ2n) is 3.35. The molecule has 18 heavy (non-hydrogen) atoms. The van der Waals surface area contributed by atoms with Crippen molar-refractivity contribution in [3.8, 4) is 0 Å². The minimum absolute atomic E-state index is 0.139. The van der Waals surface area contributed by atoms with E-state index in [0.29, 0.717) is 10.7 Å². The fraction of sp³-hybridized carbons (Fsp3) is 0.333. The standard InChI is InChI=1S/C9H12ClN5O3/c1-6(10)2-11-9(18)12-3-7-4-15(14-13-7)5-8(16)17/h4H,1-3,5H2,(H,16,17)(H2,11,12,18). The summed E-state index contributed by atoms with van der Waals surface area (Å²) >= 11 is 5.47. The van der Waals surface area contributed by atoms with Gasteiger partial charge in [-0.1, -0.05) is 23.4 Å². The lowest BCUT2D eigenvalue weighted by Crippen LogP contribution is -2.35. The summed E-state index contributed by atoms with van der Waals surface area (Å²) in [4.78, 5) is 21.6. The molecule has 0 aromatic carbocycles. The fourth-order valence-corrected chi connectivity index (χ4v) is 1.11. The molecular weight excluding hydrogens is 262 g/mol. The number of carboxylic acids is 1.